The van der Waals surface area contributed by atoms with E-state index in [9.17, 15) is 0 Å². The van der Waals surface area contributed by atoms with Crippen molar-refractivity contribution in [2.45, 2.75) is 37.2 Å². The van der Waals surface area contributed by atoms with Crippen LogP contribution in [0.3, 0.4) is 0 Å². The molecular formula is C8H13ClO. The van der Waals surface area contributed by atoms with E-state index in [0.29, 0.717) is 12.0 Å². The number of alkyl halides is 1. The average Bonchev–Trinajstić information content (AvgIpc) is 2.69. The first-order valence-corrected chi connectivity index (χ1v) is 4.44. The minimum atomic E-state index is 0.180. The molecule has 0 bridgehead atoms. The van der Waals surface area contributed by atoms with Crippen molar-refractivity contribution in [2.24, 2.45) is 5.92 Å². The zero-order chi connectivity index (χ0) is 7.19. The summed E-state index contributed by atoms with van der Waals surface area (Å²) in [5.74, 6) is 0.689. The predicted molar refractivity (Wildman–Crippen MR) is 41.3 cm³/mol. The third-order valence-electron chi connectivity index (χ3n) is 2.50. The number of hydrogen-bond donors (Lipinski definition) is 0. The lowest BCUT2D eigenvalue weighted by atomic mass is 10.3. The Hall–Kier alpha value is 0.250. The first kappa shape index (κ1) is 6.93. The van der Waals surface area contributed by atoms with Crippen molar-refractivity contribution < 1.29 is 4.74 Å². The van der Waals surface area contributed by atoms with Gasteiger partial charge in [0.25, 0.3) is 0 Å². The number of hydrogen-bond acceptors (Lipinski definition) is 1. The van der Waals surface area contributed by atoms with Crippen LogP contribution in [0.4, 0.5) is 0 Å². The lowest BCUT2D eigenvalue weighted by molar-refractivity contribution is 0.120. The molecule has 0 spiro atoms. The lowest BCUT2D eigenvalue weighted by Gasteiger charge is -2.03. The van der Waals surface area contributed by atoms with E-state index < -0.39 is 0 Å². The highest BCUT2D eigenvalue weighted by atomic mass is 35.5. The van der Waals surface area contributed by atoms with Gasteiger partial charge in [-0.15, -0.1) is 11.6 Å². The van der Waals surface area contributed by atoms with Gasteiger partial charge in [0.2, 0.25) is 0 Å². The highest BCUT2D eigenvalue weighted by Gasteiger charge is 2.59. The Morgan fingerprint density at radius 1 is 1.60 bits per heavy atom. The van der Waals surface area contributed by atoms with E-state index in [1.807, 2.05) is 6.92 Å². The lowest BCUT2D eigenvalue weighted by Crippen LogP contribution is -2.07. The first-order chi connectivity index (χ1) is 4.76. The van der Waals surface area contributed by atoms with E-state index in [2.05, 4.69) is 0 Å². The van der Waals surface area contributed by atoms with Crippen molar-refractivity contribution in [1.29, 1.82) is 0 Å². The molecule has 2 rings (SSSR count). The Kier molecular flexibility index (Phi) is 1.47. The molecule has 2 heteroatoms. The molecule has 0 amide bonds. The second-order valence-corrected chi connectivity index (χ2v) is 4.12. The van der Waals surface area contributed by atoms with Crippen LogP contribution in [-0.2, 0) is 4.74 Å². The summed E-state index contributed by atoms with van der Waals surface area (Å²) in [5, 5.41) is 0. The van der Waals surface area contributed by atoms with Gasteiger partial charge in [-0.05, 0) is 26.2 Å². The Labute approximate surface area is 66.7 Å². The summed E-state index contributed by atoms with van der Waals surface area (Å²) in [6, 6.07) is 0. The Balaban J connectivity index is 1.79. The SMILES string of the molecule is CCOC1CC1C1(Cl)CC1. The molecule has 0 heterocycles. The molecule has 0 aromatic carbocycles. The second-order valence-electron chi connectivity index (χ2n) is 3.37. The highest BCUT2D eigenvalue weighted by Crippen LogP contribution is 2.59. The van der Waals surface area contributed by atoms with Crippen LogP contribution < -0.4 is 0 Å². The topological polar surface area (TPSA) is 9.23 Å². The van der Waals surface area contributed by atoms with Crippen LogP contribution in [0, 0.1) is 5.92 Å². The molecule has 0 aromatic heterocycles. The molecule has 0 radical (unpaired) electrons. The summed E-state index contributed by atoms with van der Waals surface area (Å²) in [4.78, 5) is 0.180. The molecule has 2 aliphatic rings. The molecule has 58 valence electrons. The van der Waals surface area contributed by atoms with Crippen molar-refractivity contribution >= 4 is 11.6 Å². The molecule has 2 atom stereocenters. The minimum absolute atomic E-state index is 0.180. The first-order valence-electron chi connectivity index (χ1n) is 4.07. The Morgan fingerprint density at radius 3 is 2.80 bits per heavy atom. The molecule has 0 aromatic rings. The zero-order valence-corrected chi connectivity index (χ0v) is 7.03. The van der Waals surface area contributed by atoms with Gasteiger partial charge in [0, 0.05) is 12.5 Å². The second kappa shape index (κ2) is 2.12. The van der Waals surface area contributed by atoms with Crippen molar-refractivity contribution in [2.75, 3.05) is 6.61 Å². The largest absolute Gasteiger partial charge is 0.378 e. The third-order valence-corrected chi connectivity index (χ3v) is 3.16. The van der Waals surface area contributed by atoms with Crippen LogP contribution in [0.5, 0.6) is 0 Å². The summed E-state index contributed by atoms with van der Waals surface area (Å²) in [7, 11) is 0. The van der Waals surface area contributed by atoms with Gasteiger partial charge in [-0.2, -0.15) is 0 Å². The average molecular weight is 161 g/mol. The highest BCUT2D eigenvalue weighted by molar-refractivity contribution is 6.26. The molecule has 2 saturated carbocycles. The molecule has 2 fully saturated rings. The molecule has 2 aliphatic carbocycles. The quantitative estimate of drug-likeness (QED) is 0.576. The van der Waals surface area contributed by atoms with Crippen molar-refractivity contribution in [3.8, 4) is 0 Å². The summed E-state index contributed by atoms with van der Waals surface area (Å²) in [5.41, 5.74) is 0. The smallest absolute Gasteiger partial charge is 0.0625 e. The molecule has 0 aliphatic heterocycles. The Morgan fingerprint density at radius 2 is 2.30 bits per heavy atom. The van der Waals surface area contributed by atoms with Crippen LogP contribution >= 0.6 is 11.6 Å². The van der Waals surface area contributed by atoms with E-state index in [0.717, 1.165) is 6.61 Å². The van der Waals surface area contributed by atoms with Crippen LogP contribution in [0.1, 0.15) is 26.2 Å². The zero-order valence-electron chi connectivity index (χ0n) is 6.27. The van der Waals surface area contributed by atoms with Gasteiger partial charge >= 0.3 is 0 Å². The molecule has 0 N–H and O–H groups in total. The molecule has 10 heavy (non-hydrogen) atoms. The fourth-order valence-electron chi connectivity index (χ4n) is 1.60. The van der Waals surface area contributed by atoms with E-state index in [-0.39, 0.29) is 4.87 Å². The summed E-state index contributed by atoms with van der Waals surface area (Å²) in [6.07, 6.45) is 4.13. The van der Waals surface area contributed by atoms with Gasteiger partial charge in [-0.1, -0.05) is 0 Å². The summed E-state index contributed by atoms with van der Waals surface area (Å²) < 4.78 is 5.45. The van der Waals surface area contributed by atoms with Gasteiger partial charge in [0.15, 0.2) is 0 Å². The van der Waals surface area contributed by atoms with Crippen molar-refractivity contribution in [1.82, 2.24) is 0 Å². The maximum absolute atomic E-state index is 6.19. The molecule has 2 unspecified atom stereocenters. The van der Waals surface area contributed by atoms with Crippen LogP contribution in [0.15, 0.2) is 0 Å². The van der Waals surface area contributed by atoms with Crippen LogP contribution in [0.2, 0.25) is 0 Å². The minimum Gasteiger partial charge on any atom is -0.378 e. The van der Waals surface area contributed by atoms with Crippen molar-refractivity contribution in [3.05, 3.63) is 0 Å². The van der Waals surface area contributed by atoms with Gasteiger partial charge in [-0.25, -0.2) is 0 Å². The number of rotatable bonds is 3. The number of halogens is 1. The maximum atomic E-state index is 6.19. The van der Waals surface area contributed by atoms with Crippen LogP contribution in [0.25, 0.3) is 0 Å². The van der Waals surface area contributed by atoms with E-state index in [1.54, 1.807) is 0 Å². The van der Waals surface area contributed by atoms with Gasteiger partial charge in [0.05, 0.1) is 11.0 Å². The monoisotopic (exact) mass is 160 g/mol. The van der Waals surface area contributed by atoms with E-state index in [4.69, 9.17) is 16.3 Å². The molecular weight excluding hydrogens is 148 g/mol. The van der Waals surface area contributed by atoms with E-state index in [1.165, 1.54) is 19.3 Å². The normalized spacial score (nSPS) is 41.4. The van der Waals surface area contributed by atoms with Gasteiger partial charge in [-0.3, -0.25) is 0 Å². The summed E-state index contributed by atoms with van der Waals surface area (Å²) in [6.45, 7) is 2.89. The van der Waals surface area contributed by atoms with Gasteiger partial charge in [0.1, 0.15) is 0 Å². The van der Waals surface area contributed by atoms with Gasteiger partial charge < -0.3 is 4.74 Å². The fraction of sp³-hybridized carbons (Fsp3) is 1.00. The number of ether oxygens (including phenoxy) is 1. The summed E-state index contributed by atoms with van der Waals surface area (Å²) >= 11 is 6.19. The van der Waals surface area contributed by atoms with E-state index >= 15 is 0 Å². The molecule has 1 nitrogen and oxygen atoms in total. The standard InChI is InChI=1S/C8H13ClO/c1-2-10-7-5-6(7)8(9)3-4-8/h6-7H,2-5H2,1H3. The fourth-order valence-corrected chi connectivity index (χ4v) is 1.93. The third kappa shape index (κ3) is 1.06. The Bertz CT molecular complexity index is 142. The maximum Gasteiger partial charge on any atom is 0.0625 e. The van der Waals surface area contributed by atoms with Crippen LogP contribution in [-0.4, -0.2) is 17.6 Å². The predicted octanol–water partition coefficient (Wildman–Crippen LogP) is 2.18. The molecule has 0 saturated heterocycles. The van der Waals surface area contributed by atoms with Crippen molar-refractivity contribution in [3.63, 3.8) is 0 Å².